The molecule has 2 N–H and O–H groups in total. The Bertz CT molecular complexity index is 2390. The number of nitrogens with one attached hydrogen (secondary N) is 2. The molecule has 1 fully saturated rings. The van der Waals surface area contributed by atoms with Gasteiger partial charge in [-0.3, -0.25) is 24.5 Å². The quantitative estimate of drug-likeness (QED) is 0.0452. The fourth-order valence-corrected chi connectivity index (χ4v) is 7.17. The second kappa shape index (κ2) is 20.8. The second-order valence-corrected chi connectivity index (χ2v) is 14.4. The fraction of sp³-hybridized carbons (Fsp3) is 0.289. The first-order valence-electron chi connectivity index (χ1n) is 19.7. The lowest BCUT2D eigenvalue weighted by atomic mass is 9.90. The number of non-ortho nitro benzene ring substituents is 1. The molecule has 19 heteroatoms. The number of carbonyl (C=O) groups is 6. The summed E-state index contributed by atoms with van der Waals surface area (Å²) >= 11 is 0. The van der Waals surface area contributed by atoms with Crippen LogP contribution in [0, 0.1) is 16.0 Å². The molecule has 1 aliphatic heterocycles. The average molecular weight is 882 g/mol. The third-order valence-corrected chi connectivity index (χ3v) is 10.0. The largest absolute Gasteiger partial charge is 0.514 e. The van der Waals surface area contributed by atoms with E-state index in [1.165, 1.54) is 43.3 Å². The van der Waals surface area contributed by atoms with E-state index in [9.17, 15) is 38.9 Å². The smallest absolute Gasteiger partial charge is 0.467 e. The van der Waals surface area contributed by atoms with E-state index < -0.39 is 78.1 Å². The first-order valence-corrected chi connectivity index (χ1v) is 19.7. The summed E-state index contributed by atoms with van der Waals surface area (Å²) in [6.07, 6.45) is -4.55. The molecular weight excluding hydrogens is 838 g/mol. The van der Waals surface area contributed by atoms with Gasteiger partial charge in [-0.05, 0) is 58.2 Å². The summed E-state index contributed by atoms with van der Waals surface area (Å²) in [6.45, 7) is 2.98. The number of alkyl carbamates (subject to hydrolysis) is 1. The first-order chi connectivity index (χ1) is 30.7. The van der Waals surface area contributed by atoms with Crippen molar-refractivity contribution in [1.82, 2.24) is 5.32 Å². The summed E-state index contributed by atoms with van der Waals surface area (Å²) in [6, 6.07) is 24.9. The van der Waals surface area contributed by atoms with Gasteiger partial charge in [-0.1, -0.05) is 67.6 Å². The third-order valence-electron chi connectivity index (χ3n) is 10.0. The van der Waals surface area contributed by atoms with Crippen LogP contribution in [0.5, 0.6) is 11.5 Å². The lowest BCUT2D eigenvalue weighted by Crippen LogP contribution is -2.60. The number of ether oxygens (including phenoxy) is 8. The number of nitrogens with zero attached hydrogens (tertiary/aromatic N) is 1. The highest BCUT2D eigenvalue weighted by Crippen LogP contribution is 2.44. The van der Waals surface area contributed by atoms with E-state index >= 15 is 0 Å². The Hall–Kier alpha value is -7.80. The Morgan fingerprint density at radius 3 is 2.09 bits per heavy atom. The van der Waals surface area contributed by atoms with Gasteiger partial charge >= 0.3 is 30.2 Å². The topological polar surface area (TPSA) is 243 Å². The minimum absolute atomic E-state index is 0.00226. The summed E-state index contributed by atoms with van der Waals surface area (Å²) in [5.41, 5.74) is 4.35. The minimum Gasteiger partial charge on any atom is -0.467 e. The number of benzene rings is 4. The number of fused-ring (bicyclic) bond motifs is 3. The number of carbonyl (C=O) groups excluding carboxylic acids is 6. The van der Waals surface area contributed by atoms with E-state index in [4.69, 9.17) is 37.9 Å². The summed E-state index contributed by atoms with van der Waals surface area (Å²) < 4.78 is 43.7. The van der Waals surface area contributed by atoms with E-state index in [0.717, 1.165) is 55.3 Å². The molecule has 2 aliphatic rings. The summed E-state index contributed by atoms with van der Waals surface area (Å²) in [7, 11) is 1.14. The fourth-order valence-electron chi connectivity index (χ4n) is 7.17. The summed E-state index contributed by atoms with van der Waals surface area (Å²) in [4.78, 5) is 86.2. The number of methoxy groups -OCH3 is 1. The molecule has 334 valence electrons. The number of nitro groups is 1. The number of amides is 2. The zero-order valence-electron chi connectivity index (χ0n) is 34.9. The van der Waals surface area contributed by atoms with Gasteiger partial charge in [-0.2, -0.15) is 0 Å². The Labute approximate surface area is 365 Å². The molecule has 64 heavy (non-hydrogen) atoms. The molecule has 0 aromatic heterocycles. The van der Waals surface area contributed by atoms with Gasteiger partial charge in [0.2, 0.25) is 18.3 Å². The number of hydrogen-bond donors (Lipinski definition) is 2. The highest BCUT2D eigenvalue weighted by Gasteiger charge is 2.52. The van der Waals surface area contributed by atoms with Gasteiger partial charge in [0.1, 0.15) is 31.3 Å². The molecule has 0 spiro atoms. The molecule has 0 radical (unpaired) electrons. The van der Waals surface area contributed by atoms with Crippen LogP contribution in [0.3, 0.4) is 0 Å². The van der Waals surface area contributed by atoms with Crippen LogP contribution >= 0.6 is 0 Å². The van der Waals surface area contributed by atoms with Gasteiger partial charge < -0.3 is 48.5 Å². The van der Waals surface area contributed by atoms with Crippen LogP contribution in [0.2, 0.25) is 0 Å². The van der Waals surface area contributed by atoms with Crippen molar-refractivity contribution in [2.24, 2.45) is 5.92 Å². The van der Waals surface area contributed by atoms with Gasteiger partial charge in [-0.25, -0.2) is 14.4 Å². The molecule has 4 aromatic rings. The Kier molecular flexibility index (Phi) is 14.9. The maximum atomic E-state index is 13.4. The molecule has 0 saturated carbocycles. The lowest BCUT2D eigenvalue weighted by Gasteiger charge is -2.42. The minimum atomic E-state index is -1.60. The molecule has 5 atom stereocenters. The average Bonchev–Trinajstić information content (AvgIpc) is 3.59. The van der Waals surface area contributed by atoms with Crippen molar-refractivity contribution in [3.63, 3.8) is 0 Å². The number of esters is 3. The Morgan fingerprint density at radius 1 is 0.828 bits per heavy atom. The normalized spacial score (nSPS) is 18.7. The highest BCUT2D eigenvalue weighted by atomic mass is 16.7. The zero-order valence-corrected chi connectivity index (χ0v) is 34.9. The summed E-state index contributed by atoms with van der Waals surface area (Å²) in [5.74, 6) is -4.21. The third kappa shape index (κ3) is 11.4. The van der Waals surface area contributed by atoms with Gasteiger partial charge in [0, 0.05) is 37.8 Å². The molecule has 1 saturated heterocycles. The number of rotatable bonds is 15. The number of anilines is 1. The monoisotopic (exact) mass is 881 g/mol. The highest BCUT2D eigenvalue weighted by molar-refractivity contribution is 5.95. The Morgan fingerprint density at radius 2 is 1.47 bits per heavy atom. The van der Waals surface area contributed by atoms with Crippen molar-refractivity contribution < 1.29 is 71.6 Å². The van der Waals surface area contributed by atoms with Crippen molar-refractivity contribution in [2.75, 3.05) is 32.2 Å². The van der Waals surface area contributed by atoms with Gasteiger partial charge in [0.15, 0.2) is 12.2 Å². The Balaban J connectivity index is 1.17. The predicted molar refractivity (Wildman–Crippen MR) is 224 cm³/mol. The van der Waals surface area contributed by atoms with E-state index in [1.807, 2.05) is 48.5 Å². The zero-order chi connectivity index (χ0) is 45.9. The van der Waals surface area contributed by atoms with E-state index in [1.54, 1.807) is 6.07 Å². The molecule has 1 unspecified atom stereocenters. The molecule has 6 rings (SSSR count). The van der Waals surface area contributed by atoms with Gasteiger partial charge in [-0.15, -0.1) is 0 Å². The molecule has 0 bridgehead atoms. The van der Waals surface area contributed by atoms with Crippen molar-refractivity contribution in [3.05, 3.63) is 124 Å². The molecular formula is C45H43N3O16. The summed E-state index contributed by atoms with van der Waals surface area (Å²) in [5, 5.41) is 16.0. The lowest BCUT2D eigenvalue weighted by molar-refractivity contribution is -0.384. The second-order valence-electron chi connectivity index (χ2n) is 14.4. The van der Waals surface area contributed by atoms with E-state index in [-0.39, 0.29) is 42.0 Å². The van der Waals surface area contributed by atoms with Crippen LogP contribution in [-0.2, 0) is 47.6 Å². The molecule has 2 amide bonds. The van der Waals surface area contributed by atoms with E-state index in [0.29, 0.717) is 5.56 Å². The van der Waals surface area contributed by atoms with Crippen LogP contribution in [-0.4, -0.2) is 92.5 Å². The van der Waals surface area contributed by atoms with Crippen molar-refractivity contribution in [3.8, 4) is 22.6 Å². The van der Waals surface area contributed by atoms with Crippen molar-refractivity contribution in [2.45, 2.75) is 51.3 Å². The number of hydrogen-bond acceptors (Lipinski definition) is 16. The van der Waals surface area contributed by atoms with Crippen molar-refractivity contribution >= 4 is 53.5 Å². The maximum Gasteiger partial charge on any atom is 0.514 e. The molecule has 19 nitrogen and oxygen atoms in total. The predicted octanol–water partition coefficient (Wildman–Crippen LogP) is 6.08. The van der Waals surface area contributed by atoms with Crippen LogP contribution < -0.4 is 20.1 Å². The SMILES string of the molecule is COC(=O)[C@H]1OC(Oc2ccc(/C=C/COC(=O)Oc3ccc([N+](=O)[O-])cc3)cc2NC(=O)CNC(=O)OCC2c3ccccc3-c3ccccc32)[C@H](OC(C)=O)[C@@H](OC(C)=O)[C@@H]1C. The molecule has 1 aliphatic carbocycles. The van der Waals surface area contributed by atoms with Crippen molar-refractivity contribution in [1.29, 1.82) is 0 Å². The van der Waals surface area contributed by atoms with Gasteiger partial charge in [0.05, 0.1) is 17.7 Å². The molecule has 1 heterocycles. The number of nitro benzene ring substituents is 1. The van der Waals surface area contributed by atoms with E-state index in [2.05, 4.69) is 10.6 Å². The van der Waals surface area contributed by atoms with Crippen LogP contribution in [0.1, 0.15) is 43.4 Å². The van der Waals surface area contributed by atoms with Crippen LogP contribution in [0.25, 0.3) is 17.2 Å². The van der Waals surface area contributed by atoms with Gasteiger partial charge in [0.25, 0.3) is 5.69 Å². The van der Waals surface area contributed by atoms with Crippen LogP contribution in [0.4, 0.5) is 21.0 Å². The maximum absolute atomic E-state index is 13.4. The first kappa shape index (κ1) is 45.7. The van der Waals surface area contributed by atoms with Crippen LogP contribution in [0.15, 0.2) is 97.1 Å². The standard InChI is InChI=1S/C45H43N3O16/c1-25-39(60-26(2)49)41(61-27(3)50)43(64-40(25)42(52)57-4)63-37-20-15-28(10-9-21-58-45(54)62-30-18-16-29(17-19-30)48(55)56)22-36(37)47-38(51)23-46-44(53)59-24-35-33-13-7-5-11-31(33)32-12-6-8-14-34(32)35/h5-20,22,25,35,39-41,43H,21,23-24H2,1-4H3,(H,46,53)(H,47,51)/b10-9+/t25-,39-,40-,41+,43?/m0/s1. The molecule has 4 aromatic carbocycles.